The summed E-state index contributed by atoms with van der Waals surface area (Å²) in [5, 5.41) is 13.0. The third kappa shape index (κ3) is 48.3. The maximum Gasteiger partial charge on any atom is 1.00 e. The van der Waals surface area contributed by atoms with E-state index in [0.29, 0.717) is 0 Å². The molecule has 0 spiro atoms. The van der Waals surface area contributed by atoms with Crippen LogP contribution in [0.5, 0.6) is 0 Å². The van der Waals surface area contributed by atoms with E-state index in [1.807, 2.05) is 0 Å². The molecule has 16 heteroatoms. The zero-order valence-corrected chi connectivity index (χ0v) is 34.0. The number of aliphatic hydroxyl groups excluding tert-OH is 1. The molecule has 0 aromatic rings. The van der Waals surface area contributed by atoms with Crippen LogP contribution in [0.4, 0.5) is 0 Å². The first-order valence-electron chi connectivity index (χ1n) is 15.0. The Morgan fingerprint density at radius 1 is 0.791 bits per heavy atom. The molecule has 3 heterocycles. The van der Waals surface area contributed by atoms with Gasteiger partial charge in [0.25, 0.3) is 0 Å². The molecule has 9 nitrogen and oxygen atoms in total. The number of hydrogen-bond donors (Lipinski definition) is 6. The Morgan fingerprint density at radius 3 is 1.33 bits per heavy atom. The number of hydrogen-bond acceptors (Lipinski definition) is 8. The van der Waals surface area contributed by atoms with Gasteiger partial charge in [-0.3, -0.25) is 9.92 Å². The van der Waals surface area contributed by atoms with Gasteiger partial charge in [0, 0.05) is 18.2 Å². The average molecular weight is 745 g/mol. The quantitative estimate of drug-likeness (QED) is 0.0850. The number of thiocarbonyl (C=S) groups is 1. The second kappa shape index (κ2) is 45.9. The molecule has 0 saturated carbocycles. The van der Waals surface area contributed by atoms with Crippen molar-refractivity contribution in [2.24, 2.45) is 16.6 Å². The Labute approximate surface area is 317 Å². The molecule has 0 bridgehead atoms. The van der Waals surface area contributed by atoms with E-state index in [1.165, 1.54) is 117 Å². The molecule has 3 aliphatic rings. The molecular weight excluding hydrogens is 680 g/mol. The molecule has 9 N–H and O–H groups in total. The summed E-state index contributed by atoms with van der Waals surface area (Å²) < 4.78 is 7.18. The maximum absolute atomic E-state index is 7.57. The molecule has 3 saturated heterocycles. The van der Waals surface area contributed by atoms with E-state index in [2.05, 4.69) is 51.0 Å². The fourth-order valence-corrected chi connectivity index (χ4v) is 5.27. The van der Waals surface area contributed by atoms with Gasteiger partial charge in [-0.15, -0.1) is 36.4 Å². The molecule has 3 fully saturated rings. The van der Waals surface area contributed by atoms with Gasteiger partial charge in [-0.2, -0.15) is 12.6 Å². The first kappa shape index (κ1) is 57.1. The van der Waals surface area contributed by atoms with Crippen molar-refractivity contribution in [2.45, 2.75) is 84.0 Å². The van der Waals surface area contributed by atoms with Crippen molar-refractivity contribution in [3.05, 3.63) is 0 Å². The predicted octanol–water partition coefficient (Wildman–Crippen LogP) is 1.87. The van der Waals surface area contributed by atoms with E-state index < -0.39 is 10.9 Å². The van der Waals surface area contributed by atoms with Gasteiger partial charge in [0.2, 0.25) is 0 Å². The summed E-state index contributed by atoms with van der Waals surface area (Å²) in [6.45, 7) is 13.3. The molecule has 1 atom stereocenters. The minimum atomic E-state index is -0.597. The zero-order valence-electron chi connectivity index (χ0n) is 27.1. The van der Waals surface area contributed by atoms with Crippen LogP contribution in [0.25, 0.3) is 0 Å². The number of nitrogens with zero attached hydrogens (tertiary/aromatic N) is 3. The fraction of sp³-hybridized carbons (Fsp3) is 0.963. The van der Waals surface area contributed by atoms with Gasteiger partial charge in [-0.05, 0) is 152 Å². The van der Waals surface area contributed by atoms with E-state index in [0.717, 1.165) is 36.8 Å². The topological polar surface area (TPSA) is 162 Å². The minimum absolute atomic E-state index is 0. The van der Waals surface area contributed by atoms with Gasteiger partial charge < -0.3 is 36.7 Å². The van der Waals surface area contributed by atoms with Crippen molar-refractivity contribution in [1.29, 1.82) is 4.78 Å². The minimum Gasteiger partial charge on any atom is -0.870 e. The molecule has 3 rings (SSSR count). The fourth-order valence-electron chi connectivity index (χ4n) is 4.57. The van der Waals surface area contributed by atoms with E-state index in [1.54, 1.807) is 6.92 Å². The number of alkyl halides is 1. The van der Waals surface area contributed by atoms with Gasteiger partial charge in [0.1, 0.15) is 0 Å². The SMILES string of the molecule is CCO.Cl.Cl.ClCCCN1CCCCC1.N=S(N)CCCN1CCCCC1.NC(N)=S.SCCCN1CCCCC1.[Na+].[OH-]. The Bertz CT molecular complexity index is 530. The number of nitrogens with one attached hydrogen (secondary N) is 1. The number of nitrogens with two attached hydrogens (primary N) is 3. The summed E-state index contributed by atoms with van der Waals surface area (Å²) >= 11 is 13.9. The van der Waals surface area contributed by atoms with Crippen LogP contribution in [-0.4, -0.2) is 113 Å². The first-order valence-corrected chi connectivity index (χ1v) is 18.0. The summed E-state index contributed by atoms with van der Waals surface area (Å²) in [5.74, 6) is 2.73. The van der Waals surface area contributed by atoms with E-state index >= 15 is 0 Å². The first-order chi connectivity index (χ1) is 18.8. The molecule has 1 unspecified atom stereocenters. The van der Waals surface area contributed by atoms with Crippen LogP contribution in [0, 0.1) is 4.78 Å². The van der Waals surface area contributed by atoms with Crippen LogP contribution in [0.1, 0.15) is 84.0 Å². The third-order valence-electron chi connectivity index (χ3n) is 6.43. The third-order valence-corrected chi connectivity index (χ3v) is 7.74. The number of likely N-dealkylation sites (tertiary alicyclic amines) is 3. The average Bonchev–Trinajstić information content (AvgIpc) is 2.93. The predicted molar refractivity (Wildman–Crippen MR) is 199 cm³/mol. The Hall–Kier alpha value is 1.82. The summed E-state index contributed by atoms with van der Waals surface area (Å²) in [7, 11) is -0.597. The Kier molecular flexibility index (Phi) is 61.0. The van der Waals surface area contributed by atoms with Crippen molar-refractivity contribution in [2.75, 3.05) is 82.9 Å². The van der Waals surface area contributed by atoms with Gasteiger partial charge in [0.15, 0.2) is 5.11 Å². The normalized spacial score (nSPS) is 17.1. The zero-order chi connectivity index (χ0) is 29.6. The summed E-state index contributed by atoms with van der Waals surface area (Å²) in [6, 6.07) is 0. The Balaban J connectivity index is -0.000000104. The van der Waals surface area contributed by atoms with Crippen LogP contribution < -0.4 is 46.2 Å². The number of aliphatic hydroxyl groups is 1. The van der Waals surface area contributed by atoms with Gasteiger partial charge in [-0.1, -0.05) is 19.3 Å². The van der Waals surface area contributed by atoms with Crippen LogP contribution >= 0.6 is 61.3 Å². The molecular formula is C27H65Cl3N7NaO2S3. The second-order valence-electron chi connectivity index (χ2n) is 10.0. The summed E-state index contributed by atoms with van der Waals surface area (Å²) in [5.41, 5.74) is 9.24. The van der Waals surface area contributed by atoms with Crippen LogP contribution in [0.2, 0.25) is 0 Å². The molecule has 0 aromatic carbocycles. The molecule has 3 aliphatic heterocycles. The van der Waals surface area contributed by atoms with Crippen molar-refractivity contribution >= 4 is 77.3 Å². The van der Waals surface area contributed by atoms with Crippen LogP contribution in [-0.2, 0) is 10.9 Å². The number of rotatable bonds is 10. The summed E-state index contributed by atoms with van der Waals surface area (Å²) in [4.78, 5) is 7.57. The number of piperidine rings is 3. The van der Waals surface area contributed by atoms with E-state index in [4.69, 9.17) is 26.6 Å². The van der Waals surface area contributed by atoms with Crippen molar-refractivity contribution < 1.29 is 40.1 Å². The molecule has 0 radical (unpaired) electrons. The molecule has 0 aromatic heterocycles. The van der Waals surface area contributed by atoms with E-state index in [9.17, 15) is 0 Å². The standard InChI is InChI=1S/C8H16ClN.C8H19N3S.C8H17NS.C2H6O.CH4N2S.2ClH.Na.H2O/c9-5-4-8-10-6-2-1-3-7-10;9-12(10)8-4-7-11-5-2-1-3-6-11;10-8-4-7-9-5-2-1-3-6-9;1-2-3;2-1(3)4;;;;/h1-8H2;1-8H2,(H3,9,10);10H,1-8H2;3H,2H2,1H3;(H4,2,3,4);2*1H;;1H2/q;;;;;;;+1;/p-1. The smallest absolute Gasteiger partial charge is 0.870 e. The van der Waals surface area contributed by atoms with Gasteiger partial charge in [0.05, 0.1) is 0 Å². The monoisotopic (exact) mass is 743 g/mol. The van der Waals surface area contributed by atoms with Crippen molar-refractivity contribution in [3.8, 4) is 0 Å². The van der Waals surface area contributed by atoms with Gasteiger partial charge >= 0.3 is 29.6 Å². The molecule has 43 heavy (non-hydrogen) atoms. The number of thiol groups is 1. The van der Waals surface area contributed by atoms with Crippen LogP contribution in [0.15, 0.2) is 0 Å². The Morgan fingerprint density at radius 2 is 1.07 bits per heavy atom. The summed E-state index contributed by atoms with van der Waals surface area (Å²) in [6.07, 6.45) is 16.1. The van der Waals surface area contributed by atoms with E-state index in [-0.39, 0.29) is 71.6 Å². The largest absolute Gasteiger partial charge is 1.00 e. The van der Waals surface area contributed by atoms with Crippen molar-refractivity contribution in [1.82, 2.24) is 14.7 Å². The van der Waals surface area contributed by atoms with Gasteiger partial charge in [-0.25, -0.2) is 0 Å². The maximum atomic E-state index is 7.57. The second-order valence-corrected chi connectivity index (χ2v) is 12.6. The van der Waals surface area contributed by atoms with Crippen LogP contribution in [0.3, 0.4) is 0 Å². The van der Waals surface area contributed by atoms with Crippen molar-refractivity contribution in [3.63, 3.8) is 0 Å². The molecule has 260 valence electrons. The molecule has 0 aliphatic carbocycles. The number of halogens is 3. The molecule has 0 amide bonds.